The molecular weight excluding hydrogens is 288 g/mol. The van der Waals surface area contributed by atoms with Crippen LogP contribution in [-0.2, 0) is 5.41 Å². The van der Waals surface area contributed by atoms with E-state index in [0.717, 1.165) is 37.6 Å². The van der Waals surface area contributed by atoms with Crippen LogP contribution in [0.1, 0.15) is 56.2 Å². The van der Waals surface area contributed by atoms with Crippen molar-refractivity contribution in [3.8, 4) is 11.5 Å². The highest BCUT2D eigenvalue weighted by molar-refractivity contribution is 5.52. The molecule has 1 fully saturated rings. The maximum Gasteiger partial charge on any atom is 0.161 e. The molecule has 128 valence electrons. The molecule has 1 spiro atoms. The third kappa shape index (κ3) is 2.83. The van der Waals surface area contributed by atoms with E-state index in [9.17, 15) is 0 Å². The first kappa shape index (κ1) is 16.6. The van der Waals surface area contributed by atoms with E-state index in [2.05, 4.69) is 24.0 Å². The minimum Gasteiger partial charge on any atom is -0.493 e. The largest absolute Gasteiger partial charge is 0.493 e. The summed E-state index contributed by atoms with van der Waals surface area (Å²) in [6.45, 7) is 5.29. The van der Waals surface area contributed by atoms with Crippen molar-refractivity contribution < 1.29 is 9.47 Å². The number of rotatable bonds is 5. The van der Waals surface area contributed by atoms with Gasteiger partial charge < -0.3 is 15.2 Å². The van der Waals surface area contributed by atoms with Gasteiger partial charge in [-0.2, -0.15) is 0 Å². The standard InChI is InChI=1S/C19H30N2O2/c1-14-15-11-17(22-2)18(23-3)12-16(15)19(7-4-5-8-19)13-21(14)10-6-9-20/h11-12,14H,4-10,13,20H2,1-3H3/t14-/m1/s1. The summed E-state index contributed by atoms with van der Waals surface area (Å²) in [4.78, 5) is 2.62. The van der Waals surface area contributed by atoms with Gasteiger partial charge in [0.05, 0.1) is 14.2 Å². The van der Waals surface area contributed by atoms with E-state index < -0.39 is 0 Å². The molecule has 2 N–H and O–H groups in total. The van der Waals surface area contributed by atoms with Gasteiger partial charge in [-0.3, -0.25) is 4.90 Å². The zero-order valence-corrected chi connectivity index (χ0v) is 14.7. The van der Waals surface area contributed by atoms with Crippen molar-refractivity contribution in [1.82, 2.24) is 4.90 Å². The SMILES string of the molecule is COc1cc2c(cc1OC)C1(CCCC1)CN(CCCN)[C@@H]2C. The van der Waals surface area contributed by atoms with E-state index in [1.165, 1.54) is 36.8 Å². The van der Waals surface area contributed by atoms with Crippen LogP contribution < -0.4 is 15.2 Å². The van der Waals surface area contributed by atoms with Crippen LogP contribution in [0.5, 0.6) is 11.5 Å². The quantitative estimate of drug-likeness (QED) is 0.905. The van der Waals surface area contributed by atoms with Gasteiger partial charge in [0.25, 0.3) is 0 Å². The first-order valence-electron chi connectivity index (χ1n) is 8.86. The van der Waals surface area contributed by atoms with Gasteiger partial charge in [-0.15, -0.1) is 0 Å². The molecule has 1 aliphatic heterocycles. The van der Waals surface area contributed by atoms with Crippen LogP contribution in [0, 0.1) is 0 Å². The molecule has 1 aromatic carbocycles. The van der Waals surface area contributed by atoms with Crippen molar-refractivity contribution >= 4 is 0 Å². The summed E-state index contributed by atoms with van der Waals surface area (Å²) in [5.74, 6) is 1.70. The number of nitrogens with zero attached hydrogens (tertiary/aromatic N) is 1. The van der Waals surface area contributed by atoms with E-state index in [1.54, 1.807) is 14.2 Å². The Morgan fingerprint density at radius 1 is 1.17 bits per heavy atom. The summed E-state index contributed by atoms with van der Waals surface area (Å²) in [5, 5.41) is 0. The summed E-state index contributed by atoms with van der Waals surface area (Å²) < 4.78 is 11.1. The van der Waals surface area contributed by atoms with E-state index in [1.807, 2.05) is 0 Å². The summed E-state index contributed by atoms with van der Waals surface area (Å²) in [6, 6.07) is 4.85. The van der Waals surface area contributed by atoms with Gasteiger partial charge >= 0.3 is 0 Å². The number of ether oxygens (including phenoxy) is 2. The Bertz CT molecular complexity index is 553. The minimum absolute atomic E-state index is 0.288. The highest BCUT2D eigenvalue weighted by atomic mass is 16.5. The fourth-order valence-electron chi connectivity index (χ4n) is 4.55. The van der Waals surface area contributed by atoms with E-state index in [4.69, 9.17) is 15.2 Å². The van der Waals surface area contributed by atoms with Crippen LogP contribution in [0.2, 0.25) is 0 Å². The molecule has 0 unspecified atom stereocenters. The number of nitrogens with two attached hydrogens (primary N) is 1. The molecule has 0 bridgehead atoms. The lowest BCUT2D eigenvalue weighted by Gasteiger charge is -2.46. The summed E-state index contributed by atoms with van der Waals surface area (Å²) in [5.41, 5.74) is 8.94. The first-order chi connectivity index (χ1) is 11.1. The summed E-state index contributed by atoms with van der Waals surface area (Å²) in [6.07, 6.45) is 6.27. The van der Waals surface area contributed by atoms with Crippen LogP contribution in [-0.4, -0.2) is 38.8 Å². The number of methoxy groups -OCH3 is 2. The summed E-state index contributed by atoms with van der Waals surface area (Å²) in [7, 11) is 3.45. The van der Waals surface area contributed by atoms with Crippen LogP contribution in [0.25, 0.3) is 0 Å². The van der Waals surface area contributed by atoms with Gasteiger partial charge in [0.15, 0.2) is 11.5 Å². The Kier molecular flexibility index (Phi) is 4.83. The van der Waals surface area contributed by atoms with Gasteiger partial charge in [-0.05, 0) is 62.5 Å². The Morgan fingerprint density at radius 3 is 2.43 bits per heavy atom. The Balaban J connectivity index is 2.06. The second-order valence-corrected chi connectivity index (χ2v) is 7.07. The fourth-order valence-corrected chi connectivity index (χ4v) is 4.55. The molecule has 1 aliphatic carbocycles. The van der Waals surface area contributed by atoms with Crippen molar-refractivity contribution in [2.24, 2.45) is 5.73 Å². The molecule has 3 rings (SSSR count). The normalized spacial score (nSPS) is 23.0. The zero-order chi connectivity index (χ0) is 16.4. The predicted molar refractivity (Wildman–Crippen MR) is 93.4 cm³/mol. The average Bonchev–Trinajstić information content (AvgIpc) is 3.05. The monoisotopic (exact) mass is 318 g/mol. The Labute approximate surface area is 139 Å². The molecule has 1 heterocycles. The second kappa shape index (κ2) is 6.70. The Morgan fingerprint density at radius 2 is 1.83 bits per heavy atom. The lowest BCUT2D eigenvalue weighted by Crippen LogP contribution is -2.46. The molecule has 0 radical (unpaired) electrons. The fraction of sp³-hybridized carbons (Fsp3) is 0.684. The minimum atomic E-state index is 0.288. The molecule has 23 heavy (non-hydrogen) atoms. The van der Waals surface area contributed by atoms with Crippen LogP contribution in [0.3, 0.4) is 0 Å². The van der Waals surface area contributed by atoms with Crippen molar-refractivity contribution in [2.75, 3.05) is 33.9 Å². The van der Waals surface area contributed by atoms with E-state index in [-0.39, 0.29) is 5.41 Å². The molecule has 1 saturated carbocycles. The number of hydrogen-bond acceptors (Lipinski definition) is 4. The van der Waals surface area contributed by atoms with E-state index in [0.29, 0.717) is 6.04 Å². The predicted octanol–water partition coefficient (Wildman–Crippen LogP) is 3.24. The second-order valence-electron chi connectivity index (χ2n) is 7.07. The smallest absolute Gasteiger partial charge is 0.161 e. The molecule has 0 aromatic heterocycles. The molecule has 1 atom stereocenters. The molecule has 2 aliphatic rings. The summed E-state index contributed by atoms with van der Waals surface area (Å²) >= 11 is 0. The number of benzene rings is 1. The van der Waals surface area contributed by atoms with Gasteiger partial charge in [0.1, 0.15) is 0 Å². The maximum absolute atomic E-state index is 5.75. The molecule has 0 saturated heterocycles. The van der Waals surface area contributed by atoms with Crippen molar-refractivity contribution in [2.45, 2.75) is 50.5 Å². The third-order valence-electron chi connectivity index (χ3n) is 5.84. The molecular formula is C19H30N2O2. The van der Waals surface area contributed by atoms with Crippen molar-refractivity contribution in [3.05, 3.63) is 23.3 Å². The van der Waals surface area contributed by atoms with Crippen molar-refractivity contribution in [3.63, 3.8) is 0 Å². The van der Waals surface area contributed by atoms with Gasteiger partial charge in [-0.25, -0.2) is 0 Å². The highest BCUT2D eigenvalue weighted by Gasteiger charge is 2.44. The molecule has 1 aromatic rings. The highest BCUT2D eigenvalue weighted by Crippen LogP contribution is 2.51. The topological polar surface area (TPSA) is 47.7 Å². The maximum atomic E-state index is 5.75. The lowest BCUT2D eigenvalue weighted by molar-refractivity contribution is 0.135. The number of hydrogen-bond donors (Lipinski definition) is 1. The average molecular weight is 318 g/mol. The molecule has 4 nitrogen and oxygen atoms in total. The first-order valence-corrected chi connectivity index (χ1v) is 8.86. The van der Waals surface area contributed by atoms with Gasteiger partial charge in [0.2, 0.25) is 0 Å². The van der Waals surface area contributed by atoms with Gasteiger partial charge in [-0.1, -0.05) is 12.8 Å². The van der Waals surface area contributed by atoms with Crippen LogP contribution in [0.15, 0.2) is 12.1 Å². The Hall–Kier alpha value is -1.26. The third-order valence-corrected chi connectivity index (χ3v) is 5.84. The molecule has 4 heteroatoms. The van der Waals surface area contributed by atoms with Crippen LogP contribution >= 0.6 is 0 Å². The number of fused-ring (bicyclic) bond motifs is 2. The van der Waals surface area contributed by atoms with Crippen molar-refractivity contribution in [1.29, 1.82) is 0 Å². The lowest BCUT2D eigenvalue weighted by atomic mass is 9.71. The zero-order valence-electron chi connectivity index (χ0n) is 14.7. The van der Waals surface area contributed by atoms with Gasteiger partial charge in [0, 0.05) is 18.0 Å². The van der Waals surface area contributed by atoms with Crippen LogP contribution in [0.4, 0.5) is 0 Å². The molecule has 0 amide bonds. The van der Waals surface area contributed by atoms with E-state index >= 15 is 0 Å².